The first-order chi connectivity index (χ1) is 16.9. The maximum Gasteiger partial charge on any atom is 0.254 e. The van der Waals surface area contributed by atoms with Crippen LogP contribution in [-0.4, -0.2) is 41.7 Å². The highest BCUT2D eigenvalue weighted by molar-refractivity contribution is 6.02. The molecule has 4 aromatic rings. The Morgan fingerprint density at radius 2 is 1.97 bits per heavy atom. The van der Waals surface area contributed by atoms with E-state index in [1.165, 1.54) is 23.7 Å². The second kappa shape index (κ2) is 8.43. The van der Waals surface area contributed by atoms with E-state index >= 15 is 0 Å². The van der Waals surface area contributed by atoms with Gasteiger partial charge in [0.2, 0.25) is 0 Å². The van der Waals surface area contributed by atoms with Crippen molar-refractivity contribution in [3.63, 3.8) is 0 Å². The van der Waals surface area contributed by atoms with Gasteiger partial charge in [0.1, 0.15) is 17.5 Å². The lowest BCUT2D eigenvalue weighted by Gasteiger charge is -2.33. The highest BCUT2D eigenvalue weighted by Crippen LogP contribution is 2.42. The number of hydrogen-bond donors (Lipinski definition) is 0. The van der Waals surface area contributed by atoms with E-state index in [9.17, 15) is 9.18 Å². The van der Waals surface area contributed by atoms with E-state index < -0.39 is 6.17 Å². The third kappa shape index (κ3) is 3.89. The Balaban J connectivity index is 1.46. The molecule has 0 unspecified atom stereocenters. The van der Waals surface area contributed by atoms with Crippen molar-refractivity contribution in [2.75, 3.05) is 20.2 Å². The van der Waals surface area contributed by atoms with Crippen molar-refractivity contribution in [2.24, 2.45) is 11.8 Å². The van der Waals surface area contributed by atoms with Crippen LogP contribution in [-0.2, 0) is 6.54 Å². The van der Waals surface area contributed by atoms with E-state index in [0.717, 1.165) is 28.9 Å². The lowest BCUT2D eigenvalue weighted by atomic mass is 9.98. The first-order valence-corrected chi connectivity index (χ1v) is 12.6. The minimum atomic E-state index is -0.987. The number of halogens is 1. The molecule has 1 saturated heterocycles. The molecule has 2 aromatic carbocycles. The molecule has 6 rings (SSSR count). The number of ether oxygens (including phenoxy) is 1. The molecular weight excluding hydrogens is 443 g/mol. The normalized spacial score (nSPS) is 20.6. The maximum absolute atomic E-state index is 14.2. The third-order valence-electron chi connectivity index (χ3n) is 7.54. The van der Waals surface area contributed by atoms with Gasteiger partial charge < -0.3 is 18.6 Å². The predicted octanol–water partition coefficient (Wildman–Crippen LogP) is 6.60. The standard InChI is InChI=1S/C29H31FN2O3/c1-17-10-22(30)16-31(14-17)29(33)21-12-25(34-3)27-18(2)28(35-26(27)13-21)24-11-20-6-4-5-7-23(20)32(24)15-19-8-9-19/h4-7,11-13,17,19,22H,8-10,14-16H2,1-3H3/t17-,22-/m1/s1. The molecule has 1 aliphatic carbocycles. The number of fused-ring (bicyclic) bond motifs is 2. The van der Waals surface area contributed by atoms with Crippen molar-refractivity contribution in [3.8, 4) is 17.2 Å². The molecule has 1 amide bonds. The number of likely N-dealkylation sites (tertiary alicyclic amines) is 1. The highest BCUT2D eigenvalue weighted by Gasteiger charge is 2.30. The molecule has 6 heteroatoms. The number of para-hydroxylation sites is 1. The molecule has 5 nitrogen and oxygen atoms in total. The molecule has 0 radical (unpaired) electrons. The lowest BCUT2D eigenvalue weighted by molar-refractivity contribution is 0.0555. The van der Waals surface area contributed by atoms with Gasteiger partial charge in [0.25, 0.3) is 5.91 Å². The van der Waals surface area contributed by atoms with Crippen LogP contribution in [0.3, 0.4) is 0 Å². The fourth-order valence-electron chi connectivity index (χ4n) is 5.65. The van der Waals surface area contributed by atoms with Crippen molar-refractivity contribution in [1.82, 2.24) is 9.47 Å². The minimum Gasteiger partial charge on any atom is -0.496 e. The Hall–Kier alpha value is -3.28. The molecule has 0 N–H and O–H groups in total. The average Bonchev–Trinajstić information content (AvgIpc) is 3.51. The van der Waals surface area contributed by atoms with Gasteiger partial charge in [-0.05, 0) is 62.3 Å². The summed E-state index contributed by atoms with van der Waals surface area (Å²) in [4.78, 5) is 14.9. The number of hydrogen-bond acceptors (Lipinski definition) is 3. The monoisotopic (exact) mass is 474 g/mol. The molecule has 1 aliphatic heterocycles. The fourth-order valence-corrected chi connectivity index (χ4v) is 5.65. The fraction of sp³-hybridized carbons (Fsp3) is 0.414. The van der Waals surface area contributed by atoms with E-state index in [-0.39, 0.29) is 18.4 Å². The number of methoxy groups -OCH3 is 1. The number of furan rings is 1. The first-order valence-electron chi connectivity index (χ1n) is 12.6. The predicted molar refractivity (Wildman–Crippen MR) is 136 cm³/mol. The van der Waals surface area contributed by atoms with E-state index in [4.69, 9.17) is 9.15 Å². The zero-order chi connectivity index (χ0) is 24.3. The first kappa shape index (κ1) is 22.2. The molecule has 0 spiro atoms. The summed E-state index contributed by atoms with van der Waals surface area (Å²) in [5.41, 5.74) is 4.33. The average molecular weight is 475 g/mol. The summed E-state index contributed by atoms with van der Waals surface area (Å²) in [5.74, 6) is 2.07. The quantitative estimate of drug-likeness (QED) is 0.327. The topological polar surface area (TPSA) is 47.6 Å². The number of aryl methyl sites for hydroxylation is 1. The Kier molecular flexibility index (Phi) is 5.35. The number of benzene rings is 2. The summed E-state index contributed by atoms with van der Waals surface area (Å²) in [5, 5.41) is 2.06. The van der Waals surface area contributed by atoms with Crippen LogP contribution in [0.15, 0.2) is 46.9 Å². The van der Waals surface area contributed by atoms with Gasteiger partial charge in [-0.1, -0.05) is 25.1 Å². The van der Waals surface area contributed by atoms with Crippen LogP contribution in [0.1, 0.15) is 42.1 Å². The molecule has 35 heavy (non-hydrogen) atoms. The molecule has 2 atom stereocenters. The van der Waals surface area contributed by atoms with Crippen LogP contribution in [0.4, 0.5) is 4.39 Å². The van der Waals surface area contributed by atoms with E-state index in [1.807, 2.05) is 13.8 Å². The largest absolute Gasteiger partial charge is 0.496 e. The number of carbonyl (C=O) groups is 1. The number of nitrogens with zero attached hydrogens (tertiary/aromatic N) is 2. The number of alkyl halides is 1. The van der Waals surface area contributed by atoms with Crippen molar-refractivity contribution in [2.45, 2.75) is 45.8 Å². The molecular formula is C29H31FN2O3. The molecule has 2 aliphatic rings. The molecule has 1 saturated carbocycles. The number of rotatable bonds is 5. The molecule has 3 heterocycles. The van der Waals surface area contributed by atoms with E-state index in [0.29, 0.717) is 35.8 Å². The van der Waals surface area contributed by atoms with Gasteiger partial charge in [0.05, 0.1) is 24.7 Å². The second-order valence-corrected chi connectivity index (χ2v) is 10.4. The minimum absolute atomic E-state index is 0.132. The lowest BCUT2D eigenvalue weighted by Crippen LogP contribution is -2.44. The second-order valence-electron chi connectivity index (χ2n) is 10.4. The highest BCUT2D eigenvalue weighted by atomic mass is 19.1. The van der Waals surface area contributed by atoms with Crippen LogP contribution in [0.5, 0.6) is 5.75 Å². The van der Waals surface area contributed by atoms with Crippen molar-refractivity contribution in [1.29, 1.82) is 0 Å². The molecule has 2 fully saturated rings. The third-order valence-corrected chi connectivity index (χ3v) is 7.54. The van der Waals surface area contributed by atoms with Crippen LogP contribution < -0.4 is 4.74 Å². The number of piperidine rings is 1. The van der Waals surface area contributed by atoms with Crippen LogP contribution >= 0.6 is 0 Å². The van der Waals surface area contributed by atoms with Crippen LogP contribution in [0.25, 0.3) is 33.3 Å². The number of carbonyl (C=O) groups excluding carboxylic acids is 1. The Morgan fingerprint density at radius 3 is 2.71 bits per heavy atom. The Morgan fingerprint density at radius 1 is 1.17 bits per heavy atom. The number of aromatic nitrogens is 1. The summed E-state index contributed by atoms with van der Waals surface area (Å²) >= 11 is 0. The van der Waals surface area contributed by atoms with Gasteiger partial charge >= 0.3 is 0 Å². The van der Waals surface area contributed by atoms with E-state index in [1.54, 1.807) is 24.1 Å². The zero-order valence-corrected chi connectivity index (χ0v) is 20.5. The summed E-state index contributed by atoms with van der Waals surface area (Å²) in [7, 11) is 1.61. The summed E-state index contributed by atoms with van der Waals surface area (Å²) in [6.45, 7) is 5.69. The SMILES string of the molecule is COc1cc(C(=O)N2C[C@H](C)C[C@@H](F)C2)cc2oc(-c3cc4ccccc4n3CC3CC3)c(C)c12. The van der Waals surface area contributed by atoms with Crippen molar-refractivity contribution >= 4 is 27.8 Å². The Labute approximate surface area is 204 Å². The van der Waals surface area contributed by atoms with Gasteiger partial charge in [-0.25, -0.2) is 4.39 Å². The smallest absolute Gasteiger partial charge is 0.254 e. The molecule has 0 bridgehead atoms. The summed E-state index contributed by atoms with van der Waals surface area (Å²) < 4.78 is 28.8. The summed E-state index contributed by atoms with van der Waals surface area (Å²) in [6.07, 6.45) is 2.04. The van der Waals surface area contributed by atoms with Gasteiger partial charge in [0.15, 0.2) is 5.76 Å². The van der Waals surface area contributed by atoms with Crippen LogP contribution in [0, 0.1) is 18.8 Å². The molecule has 2 aromatic heterocycles. The maximum atomic E-state index is 14.2. The summed E-state index contributed by atoms with van der Waals surface area (Å²) in [6, 6.07) is 14.2. The molecule has 182 valence electrons. The van der Waals surface area contributed by atoms with Gasteiger partial charge in [-0.15, -0.1) is 0 Å². The Bertz CT molecular complexity index is 1420. The van der Waals surface area contributed by atoms with Crippen LogP contribution in [0.2, 0.25) is 0 Å². The van der Waals surface area contributed by atoms with Gasteiger partial charge in [0, 0.05) is 35.1 Å². The van der Waals surface area contributed by atoms with Gasteiger partial charge in [-0.2, -0.15) is 0 Å². The number of amides is 1. The van der Waals surface area contributed by atoms with Crippen molar-refractivity contribution in [3.05, 3.63) is 53.6 Å². The van der Waals surface area contributed by atoms with E-state index in [2.05, 4.69) is 34.9 Å². The van der Waals surface area contributed by atoms with Crippen molar-refractivity contribution < 1.29 is 18.3 Å². The van der Waals surface area contributed by atoms with Gasteiger partial charge in [-0.3, -0.25) is 4.79 Å². The zero-order valence-electron chi connectivity index (χ0n) is 20.5.